The highest BCUT2D eigenvalue weighted by molar-refractivity contribution is 6.15. The fraction of sp³-hybridized carbons (Fsp3) is 0.632. The third-order valence-corrected chi connectivity index (χ3v) is 4.79. The van der Waals surface area contributed by atoms with Crippen molar-refractivity contribution in [3.8, 4) is 0 Å². The predicted molar refractivity (Wildman–Crippen MR) is 92.3 cm³/mol. The molecule has 1 aliphatic carbocycles. The van der Waals surface area contributed by atoms with Gasteiger partial charge in [-0.25, -0.2) is 0 Å². The molecular weight excluding hydrogens is 322 g/mol. The van der Waals surface area contributed by atoms with Crippen LogP contribution in [0.4, 0.5) is 0 Å². The molecule has 1 spiro atoms. The Morgan fingerprint density at radius 1 is 1.36 bits per heavy atom. The van der Waals surface area contributed by atoms with E-state index in [1.165, 1.54) is 6.92 Å². The summed E-state index contributed by atoms with van der Waals surface area (Å²) in [6, 6.07) is 0. The molecule has 136 valence electrons. The maximum absolute atomic E-state index is 12.1. The normalized spacial score (nSPS) is 30.8. The molecule has 3 aliphatic rings. The Morgan fingerprint density at radius 2 is 2.08 bits per heavy atom. The summed E-state index contributed by atoms with van der Waals surface area (Å²) in [7, 11) is 0. The first kappa shape index (κ1) is 17.9. The van der Waals surface area contributed by atoms with E-state index in [9.17, 15) is 9.59 Å². The molecule has 4 atom stereocenters. The lowest BCUT2D eigenvalue weighted by molar-refractivity contribution is -0.164. The molecule has 6 heteroatoms. The van der Waals surface area contributed by atoms with E-state index in [4.69, 9.17) is 14.2 Å². The lowest BCUT2D eigenvalue weighted by atomic mass is 9.90. The van der Waals surface area contributed by atoms with Gasteiger partial charge in [-0.1, -0.05) is 19.9 Å². The minimum Gasteiger partial charge on any atom is -0.459 e. The van der Waals surface area contributed by atoms with Gasteiger partial charge in [0.05, 0.1) is 11.6 Å². The number of rotatable bonds is 5. The minimum atomic E-state index is -0.668. The van der Waals surface area contributed by atoms with Crippen LogP contribution in [0.25, 0.3) is 0 Å². The van der Waals surface area contributed by atoms with Crippen molar-refractivity contribution in [3.63, 3.8) is 0 Å². The second-order valence-corrected chi connectivity index (χ2v) is 7.18. The van der Waals surface area contributed by atoms with Gasteiger partial charge >= 0.3 is 11.9 Å². The van der Waals surface area contributed by atoms with Crippen LogP contribution in [0.5, 0.6) is 0 Å². The molecular formula is C19H25NO5. The minimum absolute atomic E-state index is 0.130. The molecule has 2 heterocycles. The summed E-state index contributed by atoms with van der Waals surface area (Å²) in [6.45, 7) is 9.39. The Bertz CT molecular complexity index is 690. The molecule has 2 aliphatic heterocycles. The van der Waals surface area contributed by atoms with Gasteiger partial charge in [0.15, 0.2) is 11.7 Å². The molecule has 0 radical (unpaired) electrons. The fourth-order valence-electron chi connectivity index (χ4n) is 3.50. The molecule has 1 fully saturated rings. The van der Waals surface area contributed by atoms with E-state index >= 15 is 0 Å². The number of hydrogen-bond acceptors (Lipinski definition) is 6. The monoisotopic (exact) mass is 347 g/mol. The highest BCUT2D eigenvalue weighted by atomic mass is 16.6. The van der Waals surface area contributed by atoms with Crippen LogP contribution >= 0.6 is 0 Å². The topological polar surface area (TPSA) is 77.5 Å². The highest BCUT2D eigenvalue weighted by Gasteiger charge is 2.65. The first-order chi connectivity index (χ1) is 11.8. The Balaban J connectivity index is 1.90. The van der Waals surface area contributed by atoms with Gasteiger partial charge < -0.3 is 14.2 Å². The average Bonchev–Trinajstić information content (AvgIpc) is 3.21. The number of carbonyl (C=O) groups is 2. The molecule has 25 heavy (non-hydrogen) atoms. The van der Waals surface area contributed by atoms with E-state index < -0.39 is 23.8 Å². The molecule has 0 aromatic heterocycles. The van der Waals surface area contributed by atoms with Crippen molar-refractivity contribution < 1.29 is 23.8 Å². The number of aliphatic imine (C=N–C) groups is 1. The maximum Gasteiger partial charge on any atom is 0.309 e. The number of hydrogen-bond donors (Lipinski definition) is 0. The van der Waals surface area contributed by atoms with Gasteiger partial charge in [0, 0.05) is 13.5 Å². The van der Waals surface area contributed by atoms with Gasteiger partial charge in [-0.3, -0.25) is 14.6 Å². The van der Waals surface area contributed by atoms with E-state index in [0.29, 0.717) is 0 Å². The van der Waals surface area contributed by atoms with E-state index in [1.54, 1.807) is 20.8 Å². The van der Waals surface area contributed by atoms with Crippen LogP contribution in [-0.4, -0.2) is 48.1 Å². The Hall–Kier alpha value is -1.95. The molecule has 0 unspecified atom stereocenters. The zero-order chi connectivity index (χ0) is 18.4. The molecule has 0 saturated carbocycles. The van der Waals surface area contributed by atoms with Crippen molar-refractivity contribution in [1.82, 2.24) is 0 Å². The summed E-state index contributed by atoms with van der Waals surface area (Å²) in [5.74, 6) is -1.00. The fourth-order valence-corrected chi connectivity index (χ4v) is 3.50. The van der Waals surface area contributed by atoms with E-state index in [-0.39, 0.29) is 18.0 Å². The SMILES string of the molecule is CC(=O)O[C@@H](C)[C@H](/C=C1\C=C(C)C2=NCC[C@H]3O[C@]213)OC(=O)C(C)C. The van der Waals surface area contributed by atoms with Gasteiger partial charge in [-0.2, -0.15) is 0 Å². The summed E-state index contributed by atoms with van der Waals surface area (Å²) in [4.78, 5) is 28.0. The summed E-state index contributed by atoms with van der Waals surface area (Å²) >= 11 is 0. The molecule has 0 aromatic rings. The zero-order valence-electron chi connectivity index (χ0n) is 15.4. The van der Waals surface area contributed by atoms with Gasteiger partial charge in [0.25, 0.3) is 0 Å². The average molecular weight is 347 g/mol. The summed E-state index contributed by atoms with van der Waals surface area (Å²) < 4.78 is 16.8. The number of nitrogens with zero attached hydrogens (tertiary/aromatic N) is 1. The summed E-state index contributed by atoms with van der Waals surface area (Å²) in [5.41, 5.74) is 2.50. The van der Waals surface area contributed by atoms with Crippen LogP contribution in [0, 0.1) is 5.92 Å². The van der Waals surface area contributed by atoms with Crippen LogP contribution in [0.1, 0.15) is 41.0 Å². The predicted octanol–water partition coefficient (Wildman–Crippen LogP) is 2.37. The molecule has 6 nitrogen and oxygen atoms in total. The van der Waals surface area contributed by atoms with Gasteiger partial charge in [-0.15, -0.1) is 0 Å². The molecule has 0 amide bonds. The van der Waals surface area contributed by atoms with Crippen molar-refractivity contribution >= 4 is 17.7 Å². The van der Waals surface area contributed by atoms with Crippen LogP contribution in [-0.2, 0) is 23.8 Å². The van der Waals surface area contributed by atoms with Crippen LogP contribution in [0.2, 0.25) is 0 Å². The number of esters is 2. The number of epoxide rings is 1. The van der Waals surface area contributed by atoms with Crippen molar-refractivity contribution in [2.45, 2.75) is 65.0 Å². The molecule has 3 rings (SSSR count). The largest absolute Gasteiger partial charge is 0.459 e. The van der Waals surface area contributed by atoms with Crippen molar-refractivity contribution in [1.29, 1.82) is 0 Å². The summed E-state index contributed by atoms with van der Waals surface area (Å²) in [6.07, 6.45) is 3.65. The number of ether oxygens (including phenoxy) is 3. The highest BCUT2D eigenvalue weighted by Crippen LogP contribution is 2.54. The molecule has 0 aromatic carbocycles. The summed E-state index contributed by atoms with van der Waals surface area (Å²) in [5, 5.41) is 0. The second-order valence-electron chi connectivity index (χ2n) is 7.18. The van der Waals surface area contributed by atoms with Gasteiger partial charge in [0.1, 0.15) is 12.2 Å². The van der Waals surface area contributed by atoms with Crippen LogP contribution in [0.15, 0.2) is 28.3 Å². The smallest absolute Gasteiger partial charge is 0.309 e. The van der Waals surface area contributed by atoms with Crippen molar-refractivity contribution in [2.75, 3.05) is 6.54 Å². The Morgan fingerprint density at radius 3 is 2.72 bits per heavy atom. The standard InChI is InChI=1S/C19H25NO5/c1-10(2)18(22)24-15(12(4)23-13(5)21)9-14-8-11(3)17-19(14)16(25-19)6-7-20-17/h8-10,12,15-16H,6-7H2,1-5H3/b14-9+/t12-,15-,16+,19+/m0/s1. The third kappa shape index (κ3) is 3.15. The molecule has 1 saturated heterocycles. The quantitative estimate of drug-likeness (QED) is 0.564. The van der Waals surface area contributed by atoms with E-state index in [2.05, 4.69) is 4.99 Å². The first-order valence-electron chi connectivity index (χ1n) is 8.77. The first-order valence-corrected chi connectivity index (χ1v) is 8.77. The lowest BCUT2D eigenvalue weighted by Crippen LogP contribution is -2.35. The number of carbonyl (C=O) groups excluding carboxylic acids is 2. The Kier molecular flexibility index (Phi) is 4.58. The van der Waals surface area contributed by atoms with Gasteiger partial charge in [0.2, 0.25) is 0 Å². The van der Waals surface area contributed by atoms with Crippen LogP contribution < -0.4 is 0 Å². The molecule has 0 bridgehead atoms. The van der Waals surface area contributed by atoms with Crippen LogP contribution in [0.3, 0.4) is 0 Å². The van der Waals surface area contributed by atoms with E-state index in [0.717, 1.165) is 29.8 Å². The van der Waals surface area contributed by atoms with Crippen molar-refractivity contribution in [2.24, 2.45) is 10.9 Å². The zero-order valence-corrected chi connectivity index (χ0v) is 15.4. The second kappa shape index (κ2) is 6.41. The van der Waals surface area contributed by atoms with Gasteiger partial charge in [-0.05, 0) is 37.5 Å². The third-order valence-electron chi connectivity index (χ3n) is 4.79. The molecule has 0 N–H and O–H groups in total. The Labute approximate surface area is 147 Å². The maximum atomic E-state index is 12.1. The lowest BCUT2D eigenvalue weighted by Gasteiger charge is -2.23. The van der Waals surface area contributed by atoms with E-state index in [1.807, 2.05) is 19.1 Å². The van der Waals surface area contributed by atoms with Crippen molar-refractivity contribution in [3.05, 3.63) is 23.3 Å².